The molecule has 0 heterocycles. The lowest BCUT2D eigenvalue weighted by Gasteiger charge is -2.28. The van der Waals surface area contributed by atoms with E-state index in [1.807, 2.05) is 38.1 Å². The summed E-state index contributed by atoms with van der Waals surface area (Å²) in [5.74, 6) is 0.459. The van der Waals surface area contributed by atoms with Crippen molar-refractivity contribution in [3.63, 3.8) is 0 Å². The van der Waals surface area contributed by atoms with Crippen LogP contribution < -0.4 is 4.74 Å². The molecule has 132 valence electrons. The molecule has 2 rings (SSSR count). The quantitative estimate of drug-likeness (QED) is 0.519. The third-order valence-electron chi connectivity index (χ3n) is 4.04. The largest absolute Gasteiger partial charge is 0.497 e. The predicted molar refractivity (Wildman–Crippen MR) is 98.9 cm³/mol. The second kappa shape index (κ2) is 8.11. The Morgan fingerprint density at radius 1 is 1.32 bits per heavy atom. The smallest absolute Gasteiger partial charge is 0.284 e. The minimum Gasteiger partial charge on any atom is -0.497 e. The molecule has 0 spiro atoms. The zero-order chi connectivity index (χ0) is 18.6. The van der Waals surface area contributed by atoms with Crippen LogP contribution in [0.15, 0.2) is 46.9 Å². The molecule has 0 bridgehead atoms. The second-order valence-corrected chi connectivity index (χ2v) is 6.32. The molecule has 1 unspecified atom stereocenters. The average Bonchev–Trinajstić information content (AvgIpc) is 2.62. The molecule has 0 aromatic heterocycles. The maximum absolute atomic E-state index is 12.9. The topological polar surface area (TPSA) is 72.7 Å². The second-order valence-electron chi connectivity index (χ2n) is 5.47. The molecule has 0 aliphatic heterocycles. The van der Waals surface area contributed by atoms with E-state index in [1.165, 1.54) is 12.1 Å². The number of hydrogen-bond donors (Lipinski definition) is 0. The summed E-state index contributed by atoms with van der Waals surface area (Å²) in [6.07, 6.45) is 0. The molecule has 2 aromatic carbocycles. The summed E-state index contributed by atoms with van der Waals surface area (Å²) in [7, 11) is 1.59. The molecular formula is C18H19BrN2O4. The highest BCUT2D eigenvalue weighted by molar-refractivity contribution is 9.10. The van der Waals surface area contributed by atoms with Gasteiger partial charge >= 0.3 is 0 Å². The van der Waals surface area contributed by atoms with Crippen molar-refractivity contribution < 1.29 is 14.5 Å². The first-order valence-corrected chi connectivity index (χ1v) is 8.57. The predicted octanol–water partition coefficient (Wildman–Crippen LogP) is 4.59. The van der Waals surface area contributed by atoms with Crippen molar-refractivity contribution in [2.75, 3.05) is 13.7 Å². The van der Waals surface area contributed by atoms with Crippen molar-refractivity contribution in [1.82, 2.24) is 4.90 Å². The Bertz CT molecular complexity index is 794. The van der Waals surface area contributed by atoms with Crippen molar-refractivity contribution >= 4 is 27.5 Å². The van der Waals surface area contributed by atoms with Gasteiger partial charge in [-0.1, -0.05) is 12.1 Å². The van der Waals surface area contributed by atoms with Crippen LogP contribution in [-0.4, -0.2) is 29.4 Å². The summed E-state index contributed by atoms with van der Waals surface area (Å²) < 4.78 is 5.58. The molecule has 25 heavy (non-hydrogen) atoms. The normalized spacial score (nSPS) is 11.7. The van der Waals surface area contributed by atoms with E-state index in [1.54, 1.807) is 18.1 Å². The maximum Gasteiger partial charge on any atom is 0.284 e. The number of nitro benzene ring substituents is 1. The van der Waals surface area contributed by atoms with Crippen LogP contribution in [0.1, 0.15) is 35.8 Å². The lowest BCUT2D eigenvalue weighted by Crippen LogP contribution is -2.33. The van der Waals surface area contributed by atoms with Gasteiger partial charge in [-0.05, 0) is 59.6 Å². The number of carbonyl (C=O) groups excluding carboxylic acids is 1. The number of amides is 1. The van der Waals surface area contributed by atoms with Gasteiger partial charge in [0.05, 0.1) is 22.5 Å². The van der Waals surface area contributed by atoms with Crippen LogP contribution in [0.2, 0.25) is 0 Å². The molecule has 1 atom stereocenters. The summed E-state index contributed by atoms with van der Waals surface area (Å²) in [5.41, 5.74) is 1.09. The number of carbonyl (C=O) groups is 1. The van der Waals surface area contributed by atoms with E-state index in [0.717, 1.165) is 5.56 Å². The molecule has 0 fully saturated rings. The molecule has 0 aliphatic carbocycles. The van der Waals surface area contributed by atoms with Crippen LogP contribution in [-0.2, 0) is 0 Å². The van der Waals surface area contributed by atoms with Gasteiger partial charge in [0.25, 0.3) is 11.6 Å². The van der Waals surface area contributed by atoms with Crippen molar-refractivity contribution in [3.05, 3.63) is 68.2 Å². The van der Waals surface area contributed by atoms with Gasteiger partial charge in [-0.25, -0.2) is 0 Å². The summed E-state index contributed by atoms with van der Waals surface area (Å²) in [6, 6.07) is 11.7. The first kappa shape index (κ1) is 18.9. The third kappa shape index (κ3) is 4.17. The number of ether oxygens (including phenoxy) is 1. The Hall–Kier alpha value is -2.41. The minimum absolute atomic E-state index is 0.129. The lowest BCUT2D eigenvalue weighted by atomic mass is 10.0. The summed E-state index contributed by atoms with van der Waals surface area (Å²) >= 11 is 3.14. The Balaban J connectivity index is 2.34. The third-order valence-corrected chi connectivity index (χ3v) is 4.71. The zero-order valence-corrected chi connectivity index (χ0v) is 15.8. The van der Waals surface area contributed by atoms with Gasteiger partial charge in [-0.2, -0.15) is 0 Å². The number of nitro groups is 1. The number of nitrogens with zero attached hydrogens (tertiary/aromatic N) is 2. The number of methoxy groups -OCH3 is 1. The van der Waals surface area contributed by atoms with Gasteiger partial charge in [-0.3, -0.25) is 14.9 Å². The van der Waals surface area contributed by atoms with E-state index >= 15 is 0 Å². The van der Waals surface area contributed by atoms with Gasteiger partial charge < -0.3 is 9.64 Å². The molecule has 6 nitrogen and oxygen atoms in total. The zero-order valence-electron chi connectivity index (χ0n) is 14.2. The summed E-state index contributed by atoms with van der Waals surface area (Å²) in [5, 5.41) is 11.1. The highest BCUT2D eigenvalue weighted by Crippen LogP contribution is 2.29. The van der Waals surface area contributed by atoms with Crippen LogP contribution in [0.3, 0.4) is 0 Å². The highest BCUT2D eigenvalue weighted by Gasteiger charge is 2.24. The average molecular weight is 407 g/mol. The van der Waals surface area contributed by atoms with E-state index in [4.69, 9.17) is 4.74 Å². The van der Waals surface area contributed by atoms with E-state index < -0.39 is 4.92 Å². The van der Waals surface area contributed by atoms with Crippen molar-refractivity contribution in [2.24, 2.45) is 0 Å². The van der Waals surface area contributed by atoms with Crippen molar-refractivity contribution in [3.8, 4) is 5.75 Å². The fraction of sp³-hybridized carbons (Fsp3) is 0.278. The SMILES string of the molecule is CCN(C(=O)c1ccc(Br)c([N+](=O)[O-])c1)C(C)c1cccc(OC)c1. The van der Waals surface area contributed by atoms with E-state index in [2.05, 4.69) is 15.9 Å². The van der Waals surface area contributed by atoms with Crippen molar-refractivity contribution in [2.45, 2.75) is 19.9 Å². The maximum atomic E-state index is 12.9. The van der Waals surface area contributed by atoms with Gasteiger partial charge in [-0.15, -0.1) is 0 Å². The number of hydrogen-bond acceptors (Lipinski definition) is 4. The van der Waals surface area contributed by atoms with Gasteiger partial charge in [0, 0.05) is 18.2 Å². The van der Waals surface area contributed by atoms with Crippen LogP contribution in [0.4, 0.5) is 5.69 Å². The molecule has 0 saturated carbocycles. The summed E-state index contributed by atoms with van der Waals surface area (Å²) in [6.45, 7) is 4.27. The molecule has 0 aliphatic rings. The first-order chi connectivity index (χ1) is 11.9. The number of rotatable bonds is 6. The fourth-order valence-electron chi connectivity index (χ4n) is 2.63. The van der Waals surface area contributed by atoms with Crippen LogP contribution in [0.25, 0.3) is 0 Å². The van der Waals surface area contributed by atoms with E-state index in [9.17, 15) is 14.9 Å². The number of benzene rings is 2. The van der Waals surface area contributed by atoms with Crippen LogP contribution in [0, 0.1) is 10.1 Å². The van der Waals surface area contributed by atoms with E-state index in [-0.39, 0.29) is 23.2 Å². The van der Waals surface area contributed by atoms with Crippen LogP contribution >= 0.6 is 15.9 Å². The molecule has 0 N–H and O–H groups in total. The van der Waals surface area contributed by atoms with Crippen molar-refractivity contribution in [1.29, 1.82) is 0 Å². The highest BCUT2D eigenvalue weighted by atomic mass is 79.9. The first-order valence-electron chi connectivity index (χ1n) is 7.77. The standard InChI is InChI=1S/C18H19BrN2O4/c1-4-20(12(2)13-6-5-7-15(10-13)25-3)18(22)14-8-9-16(19)17(11-14)21(23)24/h5-12H,4H2,1-3H3. The molecule has 0 radical (unpaired) electrons. The Morgan fingerprint density at radius 3 is 2.64 bits per heavy atom. The van der Waals surface area contributed by atoms with Gasteiger partial charge in [0.2, 0.25) is 0 Å². The molecular weight excluding hydrogens is 388 g/mol. The number of halogens is 1. The van der Waals surface area contributed by atoms with Gasteiger partial charge in [0.15, 0.2) is 0 Å². The Kier molecular flexibility index (Phi) is 6.14. The molecule has 7 heteroatoms. The summed E-state index contributed by atoms with van der Waals surface area (Å²) in [4.78, 5) is 25.1. The molecule has 0 saturated heterocycles. The minimum atomic E-state index is -0.511. The Morgan fingerprint density at radius 2 is 2.04 bits per heavy atom. The van der Waals surface area contributed by atoms with Gasteiger partial charge in [0.1, 0.15) is 5.75 Å². The monoisotopic (exact) mass is 406 g/mol. The molecule has 2 aromatic rings. The Labute approximate surface area is 154 Å². The molecule has 1 amide bonds. The van der Waals surface area contributed by atoms with Crippen LogP contribution in [0.5, 0.6) is 5.75 Å². The lowest BCUT2D eigenvalue weighted by molar-refractivity contribution is -0.385. The van der Waals surface area contributed by atoms with E-state index in [0.29, 0.717) is 16.8 Å². The fourth-order valence-corrected chi connectivity index (χ4v) is 3.02.